The molecule has 6 heteroatoms. The monoisotopic (exact) mass is 340 g/mol. The average molecular weight is 341 g/mol. The van der Waals surface area contributed by atoms with Crippen LogP contribution in [0.2, 0.25) is 0 Å². The lowest BCUT2D eigenvalue weighted by atomic mass is 10.2. The van der Waals surface area contributed by atoms with E-state index in [1.54, 1.807) is 11.3 Å². The van der Waals surface area contributed by atoms with Gasteiger partial charge >= 0.3 is 0 Å². The van der Waals surface area contributed by atoms with E-state index in [1.165, 1.54) is 30.0 Å². The van der Waals surface area contributed by atoms with Gasteiger partial charge in [0.05, 0.1) is 17.2 Å². The maximum atomic E-state index is 4.65. The first-order valence-electron chi connectivity index (χ1n) is 8.15. The van der Waals surface area contributed by atoms with Crippen molar-refractivity contribution >= 4 is 29.1 Å². The summed E-state index contributed by atoms with van der Waals surface area (Å²) in [7, 11) is 1.84. The minimum atomic E-state index is 0.502. The van der Waals surface area contributed by atoms with Crippen molar-refractivity contribution < 1.29 is 0 Å². The third-order valence-electron chi connectivity index (χ3n) is 3.85. The molecule has 1 aliphatic rings. The molecule has 1 aliphatic carbocycles. The Morgan fingerprint density at radius 3 is 2.95 bits per heavy atom. The molecule has 1 saturated carbocycles. The zero-order chi connectivity index (χ0) is 15.9. The molecule has 124 valence electrons. The van der Waals surface area contributed by atoms with Gasteiger partial charge in [-0.3, -0.25) is 4.99 Å². The van der Waals surface area contributed by atoms with Crippen LogP contribution in [0, 0.1) is 0 Å². The smallest absolute Gasteiger partial charge is 0.191 e. The summed E-state index contributed by atoms with van der Waals surface area (Å²) in [6.07, 6.45) is 3.80. The fourth-order valence-corrected chi connectivity index (χ4v) is 4.67. The number of nitrogens with zero attached hydrogens (tertiary/aromatic N) is 2. The Morgan fingerprint density at radius 2 is 2.32 bits per heavy atom. The number of guanidine groups is 1. The lowest BCUT2D eigenvalue weighted by molar-refractivity contribution is 0.613. The summed E-state index contributed by atoms with van der Waals surface area (Å²) in [6, 6.07) is 0.553. The molecule has 2 N–H and O–H groups in total. The van der Waals surface area contributed by atoms with Crippen molar-refractivity contribution in [3.05, 3.63) is 16.1 Å². The molecule has 0 amide bonds. The van der Waals surface area contributed by atoms with E-state index in [1.807, 2.05) is 7.05 Å². The normalized spacial score (nSPS) is 22.3. The maximum absolute atomic E-state index is 4.65. The number of rotatable bonds is 6. The van der Waals surface area contributed by atoms with E-state index in [2.05, 4.69) is 58.5 Å². The molecule has 1 fully saturated rings. The van der Waals surface area contributed by atoms with Crippen LogP contribution in [0.1, 0.15) is 56.7 Å². The Bertz CT molecular complexity index is 484. The highest BCUT2D eigenvalue weighted by Gasteiger charge is 2.25. The number of hydrogen-bond donors (Lipinski definition) is 2. The number of thiazole rings is 1. The number of hydrogen-bond acceptors (Lipinski definition) is 4. The molecular formula is C16H28N4S2. The Morgan fingerprint density at radius 1 is 1.50 bits per heavy atom. The van der Waals surface area contributed by atoms with Crippen LogP contribution in [0.15, 0.2) is 10.4 Å². The minimum absolute atomic E-state index is 0.502. The van der Waals surface area contributed by atoms with Gasteiger partial charge in [-0.05, 0) is 25.0 Å². The summed E-state index contributed by atoms with van der Waals surface area (Å²) in [5.74, 6) is 2.61. The van der Waals surface area contributed by atoms with Gasteiger partial charge in [0.2, 0.25) is 0 Å². The highest BCUT2D eigenvalue weighted by molar-refractivity contribution is 7.99. The quantitative estimate of drug-likeness (QED) is 0.613. The molecule has 1 heterocycles. The van der Waals surface area contributed by atoms with E-state index in [9.17, 15) is 0 Å². The van der Waals surface area contributed by atoms with Crippen LogP contribution in [0.25, 0.3) is 0 Å². The lowest BCUT2D eigenvalue weighted by Crippen LogP contribution is -2.42. The van der Waals surface area contributed by atoms with E-state index < -0.39 is 0 Å². The fourth-order valence-electron chi connectivity index (χ4n) is 2.69. The third kappa shape index (κ3) is 5.16. The first-order valence-corrected chi connectivity index (χ1v) is 10.1. The lowest BCUT2D eigenvalue weighted by Gasteiger charge is -2.17. The van der Waals surface area contributed by atoms with Crippen LogP contribution in [-0.2, 0) is 6.54 Å². The molecule has 0 spiro atoms. The zero-order valence-electron chi connectivity index (χ0n) is 14.1. The Labute approximate surface area is 142 Å². The van der Waals surface area contributed by atoms with Crippen molar-refractivity contribution in [2.45, 2.75) is 63.8 Å². The van der Waals surface area contributed by atoms with Crippen LogP contribution in [0.4, 0.5) is 0 Å². The van der Waals surface area contributed by atoms with Gasteiger partial charge in [0.15, 0.2) is 5.96 Å². The van der Waals surface area contributed by atoms with E-state index in [-0.39, 0.29) is 0 Å². The van der Waals surface area contributed by atoms with Gasteiger partial charge in [-0.25, -0.2) is 4.98 Å². The van der Waals surface area contributed by atoms with Crippen molar-refractivity contribution in [2.75, 3.05) is 12.8 Å². The van der Waals surface area contributed by atoms with Crippen molar-refractivity contribution in [3.63, 3.8) is 0 Å². The first kappa shape index (κ1) is 17.6. The molecule has 0 aromatic carbocycles. The fraction of sp³-hybridized carbons (Fsp3) is 0.750. The molecule has 4 nitrogen and oxygen atoms in total. The zero-order valence-corrected chi connectivity index (χ0v) is 15.7. The van der Waals surface area contributed by atoms with Gasteiger partial charge in [-0.15, -0.1) is 11.3 Å². The molecule has 1 aromatic rings. The summed E-state index contributed by atoms with van der Waals surface area (Å²) in [4.78, 5) is 9.00. The molecular weight excluding hydrogens is 312 g/mol. The Balaban J connectivity index is 1.78. The van der Waals surface area contributed by atoms with E-state index in [0.717, 1.165) is 23.4 Å². The third-order valence-corrected chi connectivity index (χ3v) is 6.28. The molecule has 0 saturated heterocycles. The Hall–Kier alpha value is -0.750. The van der Waals surface area contributed by atoms with Gasteiger partial charge in [-0.2, -0.15) is 11.8 Å². The van der Waals surface area contributed by atoms with E-state index in [0.29, 0.717) is 12.0 Å². The summed E-state index contributed by atoms with van der Waals surface area (Å²) in [6.45, 7) is 7.34. The second-order valence-electron chi connectivity index (χ2n) is 5.99. The summed E-state index contributed by atoms with van der Waals surface area (Å²) >= 11 is 3.83. The number of thioether (sulfide) groups is 1. The standard InChI is InChI=1S/C16H28N4S2/c1-5-21-14-7-6-12(8-14)20-16(17-4)18-9-13-10-22-15(19-13)11(2)3/h10-12,14H,5-9H2,1-4H3,(H2,17,18,20). The van der Waals surface area contributed by atoms with Crippen LogP contribution in [-0.4, -0.2) is 35.0 Å². The van der Waals surface area contributed by atoms with Crippen molar-refractivity contribution in [1.82, 2.24) is 15.6 Å². The molecule has 2 unspecified atom stereocenters. The van der Waals surface area contributed by atoms with Crippen molar-refractivity contribution in [2.24, 2.45) is 4.99 Å². The van der Waals surface area contributed by atoms with Gasteiger partial charge in [-0.1, -0.05) is 20.8 Å². The molecule has 0 aliphatic heterocycles. The topological polar surface area (TPSA) is 49.3 Å². The number of nitrogens with one attached hydrogen (secondary N) is 2. The van der Waals surface area contributed by atoms with Gasteiger partial charge < -0.3 is 10.6 Å². The molecule has 2 rings (SSSR count). The van der Waals surface area contributed by atoms with Gasteiger partial charge in [0.1, 0.15) is 0 Å². The second-order valence-corrected chi connectivity index (χ2v) is 8.46. The van der Waals surface area contributed by atoms with E-state index >= 15 is 0 Å². The van der Waals surface area contributed by atoms with Crippen LogP contribution >= 0.6 is 23.1 Å². The molecule has 0 radical (unpaired) electrons. The van der Waals surface area contributed by atoms with Crippen molar-refractivity contribution in [1.29, 1.82) is 0 Å². The largest absolute Gasteiger partial charge is 0.354 e. The van der Waals surface area contributed by atoms with Crippen LogP contribution in [0.5, 0.6) is 0 Å². The SMILES string of the molecule is CCSC1CCC(NC(=NC)NCc2csc(C(C)C)n2)C1. The predicted molar refractivity (Wildman–Crippen MR) is 99.1 cm³/mol. The predicted octanol–water partition coefficient (Wildman–Crippen LogP) is 3.61. The Kier molecular flexibility index (Phi) is 7.02. The highest BCUT2D eigenvalue weighted by atomic mass is 32.2. The molecule has 0 bridgehead atoms. The molecule has 22 heavy (non-hydrogen) atoms. The number of aromatic nitrogens is 1. The van der Waals surface area contributed by atoms with Crippen LogP contribution in [0.3, 0.4) is 0 Å². The number of aliphatic imine (C=N–C) groups is 1. The van der Waals surface area contributed by atoms with Crippen molar-refractivity contribution in [3.8, 4) is 0 Å². The van der Waals surface area contributed by atoms with Crippen LogP contribution < -0.4 is 10.6 Å². The first-order chi connectivity index (χ1) is 10.6. The maximum Gasteiger partial charge on any atom is 0.191 e. The molecule has 2 atom stereocenters. The molecule has 1 aromatic heterocycles. The highest BCUT2D eigenvalue weighted by Crippen LogP contribution is 2.29. The summed E-state index contributed by atoms with van der Waals surface area (Å²) < 4.78 is 0. The minimum Gasteiger partial charge on any atom is -0.354 e. The van der Waals surface area contributed by atoms with Gasteiger partial charge in [0, 0.05) is 29.6 Å². The van der Waals surface area contributed by atoms with E-state index in [4.69, 9.17) is 0 Å². The average Bonchev–Trinajstić information content (AvgIpc) is 3.13. The van der Waals surface area contributed by atoms with Gasteiger partial charge in [0.25, 0.3) is 0 Å². The second kappa shape index (κ2) is 8.77. The summed E-state index contributed by atoms with van der Waals surface area (Å²) in [5, 5.41) is 11.1. The summed E-state index contributed by atoms with van der Waals surface area (Å²) in [5.41, 5.74) is 1.10.